The summed E-state index contributed by atoms with van der Waals surface area (Å²) in [6.45, 7) is 2.76. The van der Waals surface area contributed by atoms with Gasteiger partial charge in [-0.1, -0.05) is 6.07 Å². The number of aliphatic hydroxyl groups is 1. The lowest BCUT2D eigenvalue weighted by Crippen LogP contribution is -2.16. The summed E-state index contributed by atoms with van der Waals surface area (Å²) in [5.41, 5.74) is 3.26. The largest absolute Gasteiger partial charge is 0.395 e. The Morgan fingerprint density at radius 3 is 2.75 bits per heavy atom. The Morgan fingerprint density at radius 1 is 1.38 bits per heavy atom. The average molecular weight is 219 g/mol. The van der Waals surface area contributed by atoms with Gasteiger partial charge in [-0.15, -0.1) is 0 Å². The molecule has 86 valence electrons. The highest BCUT2D eigenvalue weighted by Gasteiger charge is 2.11. The molecule has 0 radical (unpaired) electrons. The van der Waals surface area contributed by atoms with Gasteiger partial charge in [0.25, 0.3) is 0 Å². The van der Waals surface area contributed by atoms with Crippen molar-refractivity contribution in [1.29, 1.82) is 0 Å². The van der Waals surface area contributed by atoms with Crippen LogP contribution in [0.1, 0.15) is 5.56 Å². The molecule has 0 aliphatic heterocycles. The molecule has 0 fully saturated rings. The van der Waals surface area contributed by atoms with Crippen LogP contribution in [0.4, 0.5) is 5.95 Å². The highest BCUT2D eigenvalue weighted by molar-refractivity contribution is 5.79. The number of nitrogens with zero attached hydrogens (tertiary/aromatic N) is 3. The lowest BCUT2D eigenvalue weighted by atomic mass is 10.2. The molecule has 1 aromatic heterocycles. The number of aromatic nitrogens is 2. The third kappa shape index (κ3) is 1.76. The van der Waals surface area contributed by atoms with E-state index in [9.17, 15) is 0 Å². The zero-order chi connectivity index (χ0) is 11.7. The molecule has 1 heterocycles. The molecule has 0 aliphatic rings. The van der Waals surface area contributed by atoms with Crippen LogP contribution in [0.3, 0.4) is 0 Å². The molecule has 0 saturated carbocycles. The van der Waals surface area contributed by atoms with Gasteiger partial charge in [0.15, 0.2) is 0 Å². The average Bonchev–Trinajstić information content (AvgIpc) is 2.57. The molecule has 4 heteroatoms. The van der Waals surface area contributed by atoms with Crippen LogP contribution in [0.2, 0.25) is 0 Å². The Morgan fingerprint density at radius 2 is 2.12 bits per heavy atom. The van der Waals surface area contributed by atoms with Gasteiger partial charge in [0.1, 0.15) is 0 Å². The van der Waals surface area contributed by atoms with Gasteiger partial charge >= 0.3 is 0 Å². The van der Waals surface area contributed by atoms with Crippen molar-refractivity contribution in [2.45, 2.75) is 13.5 Å². The summed E-state index contributed by atoms with van der Waals surface area (Å²) >= 11 is 0. The maximum atomic E-state index is 9.09. The lowest BCUT2D eigenvalue weighted by Gasteiger charge is -2.13. The summed E-state index contributed by atoms with van der Waals surface area (Å²) in [5.74, 6) is 0.884. The molecular formula is C12H17N3O. The minimum absolute atomic E-state index is 0.125. The molecule has 2 rings (SSSR count). The van der Waals surface area contributed by atoms with E-state index in [4.69, 9.17) is 5.11 Å². The van der Waals surface area contributed by atoms with Crippen molar-refractivity contribution in [3.63, 3.8) is 0 Å². The van der Waals surface area contributed by atoms with Crippen molar-refractivity contribution in [1.82, 2.24) is 9.55 Å². The number of hydrogen-bond acceptors (Lipinski definition) is 3. The Labute approximate surface area is 95.1 Å². The van der Waals surface area contributed by atoms with Gasteiger partial charge in [-0.2, -0.15) is 0 Å². The highest BCUT2D eigenvalue weighted by Crippen LogP contribution is 2.22. The maximum absolute atomic E-state index is 9.09. The van der Waals surface area contributed by atoms with E-state index in [1.165, 1.54) is 5.56 Å². The van der Waals surface area contributed by atoms with E-state index in [-0.39, 0.29) is 6.61 Å². The maximum Gasteiger partial charge on any atom is 0.206 e. The first-order valence-electron chi connectivity index (χ1n) is 5.38. The monoisotopic (exact) mass is 219 g/mol. The molecule has 1 N–H and O–H groups in total. The Kier molecular flexibility index (Phi) is 2.83. The predicted octanol–water partition coefficient (Wildman–Crippen LogP) is 1.40. The first kappa shape index (κ1) is 11.0. The van der Waals surface area contributed by atoms with Crippen LogP contribution in [0.15, 0.2) is 18.2 Å². The second kappa shape index (κ2) is 4.14. The number of fused-ring (bicyclic) bond motifs is 1. The third-order valence-corrected chi connectivity index (χ3v) is 2.61. The second-order valence-electron chi connectivity index (χ2n) is 4.17. The quantitative estimate of drug-likeness (QED) is 0.848. The second-order valence-corrected chi connectivity index (χ2v) is 4.17. The number of hydrogen-bond donors (Lipinski definition) is 1. The number of imidazole rings is 1. The number of rotatable bonds is 3. The summed E-state index contributed by atoms with van der Waals surface area (Å²) in [6.07, 6.45) is 0. The topological polar surface area (TPSA) is 41.3 Å². The van der Waals surface area contributed by atoms with Gasteiger partial charge < -0.3 is 14.6 Å². The van der Waals surface area contributed by atoms with Crippen LogP contribution in [0.5, 0.6) is 0 Å². The zero-order valence-electron chi connectivity index (χ0n) is 9.94. The molecule has 0 atom stereocenters. The Hall–Kier alpha value is -1.55. The molecular weight excluding hydrogens is 202 g/mol. The van der Waals surface area contributed by atoms with Crippen molar-refractivity contribution < 1.29 is 5.11 Å². The van der Waals surface area contributed by atoms with E-state index >= 15 is 0 Å². The van der Waals surface area contributed by atoms with Crippen LogP contribution >= 0.6 is 0 Å². The first-order valence-corrected chi connectivity index (χ1v) is 5.38. The van der Waals surface area contributed by atoms with Gasteiger partial charge in [0, 0.05) is 20.6 Å². The van der Waals surface area contributed by atoms with Crippen molar-refractivity contribution >= 4 is 17.0 Å². The molecule has 2 aromatic rings. The Bertz CT molecular complexity index is 502. The summed E-state index contributed by atoms with van der Waals surface area (Å²) in [7, 11) is 3.92. The molecule has 0 saturated heterocycles. The molecule has 0 aliphatic carbocycles. The normalized spacial score (nSPS) is 11.0. The lowest BCUT2D eigenvalue weighted by molar-refractivity contribution is 0.278. The summed E-state index contributed by atoms with van der Waals surface area (Å²) < 4.78 is 2.04. The number of aryl methyl sites for hydroxylation is 1. The van der Waals surface area contributed by atoms with Gasteiger partial charge in [-0.3, -0.25) is 0 Å². The van der Waals surface area contributed by atoms with Crippen molar-refractivity contribution in [2.24, 2.45) is 0 Å². The van der Waals surface area contributed by atoms with Gasteiger partial charge in [0.05, 0.1) is 17.6 Å². The standard InChI is InChI=1S/C12H17N3O/c1-9-4-5-11-10(8-9)13-12(14(2)3)15(11)6-7-16/h4-5,8,16H,6-7H2,1-3H3. The van der Waals surface area contributed by atoms with Crippen LogP contribution in [0.25, 0.3) is 11.0 Å². The molecule has 16 heavy (non-hydrogen) atoms. The number of anilines is 1. The van der Waals surface area contributed by atoms with Gasteiger partial charge in [-0.05, 0) is 24.6 Å². The fraction of sp³-hybridized carbons (Fsp3) is 0.417. The van der Waals surface area contributed by atoms with Crippen LogP contribution < -0.4 is 4.90 Å². The van der Waals surface area contributed by atoms with E-state index < -0.39 is 0 Å². The molecule has 0 bridgehead atoms. The number of aliphatic hydroxyl groups excluding tert-OH is 1. The van der Waals surface area contributed by atoms with E-state index in [0.717, 1.165) is 17.0 Å². The number of benzene rings is 1. The summed E-state index contributed by atoms with van der Waals surface area (Å²) in [5, 5.41) is 9.09. The first-order chi connectivity index (χ1) is 7.63. The van der Waals surface area contributed by atoms with Gasteiger partial charge in [0.2, 0.25) is 5.95 Å². The molecule has 4 nitrogen and oxygen atoms in total. The zero-order valence-corrected chi connectivity index (χ0v) is 9.94. The SMILES string of the molecule is Cc1ccc2c(c1)nc(N(C)C)n2CCO. The summed E-state index contributed by atoms with van der Waals surface area (Å²) in [4.78, 5) is 6.53. The van der Waals surface area contributed by atoms with Crippen LogP contribution in [-0.2, 0) is 6.54 Å². The smallest absolute Gasteiger partial charge is 0.206 e. The van der Waals surface area contributed by atoms with Crippen molar-refractivity contribution in [2.75, 3.05) is 25.6 Å². The fourth-order valence-corrected chi connectivity index (χ4v) is 1.89. The van der Waals surface area contributed by atoms with Crippen LogP contribution in [-0.4, -0.2) is 35.4 Å². The van der Waals surface area contributed by atoms with E-state index in [1.807, 2.05) is 23.6 Å². The van der Waals surface area contributed by atoms with Crippen molar-refractivity contribution in [3.8, 4) is 0 Å². The molecule has 0 amide bonds. The Balaban J connectivity index is 2.65. The predicted molar refractivity (Wildman–Crippen MR) is 65.9 cm³/mol. The molecule has 0 spiro atoms. The van der Waals surface area contributed by atoms with Crippen LogP contribution in [0, 0.1) is 6.92 Å². The van der Waals surface area contributed by atoms with E-state index in [1.54, 1.807) is 0 Å². The fourth-order valence-electron chi connectivity index (χ4n) is 1.89. The third-order valence-electron chi connectivity index (χ3n) is 2.61. The highest BCUT2D eigenvalue weighted by atomic mass is 16.3. The van der Waals surface area contributed by atoms with Gasteiger partial charge in [-0.25, -0.2) is 4.98 Å². The minimum atomic E-state index is 0.125. The van der Waals surface area contributed by atoms with E-state index in [2.05, 4.69) is 30.1 Å². The van der Waals surface area contributed by atoms with Crippen molar-refractivity contribution in [3.05, 3.63) is 23.8 Å². The van der Waals surface area contributed by atoms with E-state index in [0.29, 0.717) is 6.54 Å². The molecule has 0 unspecified atom stereocenters. The molecule has 1 aromatic carbocycles. The summed E-state index contributed by atoms with van der Waals surface area (Å²) in [6, 6.07) is 6.19. The minimum Gasteiger partial charge on any atom is -0.395 e.